The monoisotopic (exact) mass is 198 g/mol. The molecule has 13 heavy (non-hydrogen) atoms. The van der Waals surface area contributed by atoms with Crippen LogP contribution >= 0.6 is 11.3 Å². The average Bonchev–Trinajstić information content (AvgIpc) is 2.72. The molecule has 5 heteroatoms. The van der Waals surface area contributed by atoms with Gasteiger partial charge in [0.2, 0.25) is 0 Å². The lowest BCUT2D eigenvalue weighted by Gasteiger charge is -2.12. The van der Waals surface area contributed by atoms with Crippen molar-refractivity contribution in [2.24, 2.45) is 0 Å². The van der Waals surface area contributed by atoms with Crippen LogP contribution in [0.25, 0.3) is 0 Å². The molecule has 0 aromatic carbocycles. The van der Waals surface area contributed by atoms with E-state index in [2.05, 4.69) is 4.98 Å². The topological polar surface area (TPSA) is 53.2 Å². The molecular weight excluding hydrogens is 188 g/mol. The number of nitrogens with one attached hydrogen (secondary N) is 1. The number of H-pyrrole nitrogens is 1. The highest BCUT2D eigenvalue weighted by Gasteiger charge is 2.20. The largest absolute Gasteiger partial charge is 0.337 e. The van der Waals surface area contributed by atoms with Crippen molar-refractivity contribution < 1.29 is 4.79 Å². The number of amides is 1. The van der Waals surface area contributed by atoms with Crippen molar-refractivity contribution in [3.8, 4) is 0 Å². The molecule has 1 saturated heterocycles. The van der Waals surface area contributed by atoms with E-state index >= 15 is 0 Å². The van der Waals surface area contributed by atoms with Gasteiger partial charge < -0.3 is 9.88 Å². The molecular formula is C8H10N2O2S. The van der Waals surface area contributed by atoms with E-state index in [1.165, 1.54) is 0 Å². The molecule has 1 aliphatic rings. The van der Waals surface area contributed by atoms with E-state index in [-0.39, 0.29) is 10.8 Å². The first-order valence-corrected chi connectivity index (χ1v) is 5.12. The summed E-state index contributed by atoms with van der Waals surface area (Å²) in [4.78, 5) is 26.6. The fourth-order valence-electron chi connectivity index (χ4n) is 1.48. The van der Waals surface area contributed by atoms with Crippen LogP contribution in [-0.4, -0.2) is 28.9 Å². The number of likely N-dealkylation sites (tertiary alicyclic amines) is 1. The second kappa shape index (κ2) is 3.33. The minimum absolute atomic E-state index is 0.0455. The Kier molecular flexibility index (Phi) is 2.18. The number of rotatable bonds is 1. The molecule has 0 aliphatic carbocycles. The molecule has 0 unspecified atom stereocenters. The predicted molar refractivity (Wildman–Crippen MR) is 50.1 cm³/mol. The van der Waals surface area contributed by atoms with Crippen molar-refractivity contribution in [2.45, 2.75) is 12.8 Å². The predicted octanol–water partition coefficient (Wildman–Crippen LogP) is 0.672. The molecule has 2 heterocycles. The highest BCUT2D eigenvalue weighted by Crippen LogP contribution is 2.11. The van der Waals surface area contributed by atoms with E-state index in [9.17, 15) is 9.59 Å². The van der Waals surface area contributed by atoms with Gasteiger partial charge in [-0.2, -0.15) is 0 Å². The fraction of sp³-hybridized carbons (Fsp3) is 0.500. The summed E-state index contributed by atoms with van der Waals surface area (Å²) in [7, 11) is 0. The van der Waals surface area contributed by atoms with Gasteiger partial charge in [0.15, 0.2) is 0 Å². The number of thiazole rings is 1. The molecule has 1 N–H and O–H groups in total. The number of aromatic amines is 1. The van der Waals surface area contributed by atoms with Crippen molar-refractivity contribution in [2.75, 3.05) is 13.1 Å². The summed E-state index contributed by atoms with van der Waals surface area (Å²) in [6, 6.07) is 0. The van der Waals surface area contributed by atoms with Crippen molar-refractivity contribution in [3.63, 3.8) is 0 Å². The molecule has 1 aliphatic heterocycles. The lowest BCUT2D eigenvalue weighted by atomic mass is 10.4. The first kappa shape index (κ1) is 8.50. The number of nitrogens with zero attached hydrogens (tertiary/aromatic N) is 1. The smallest absolute Gasteiger partial charge is 0.305 e. The Morgan fingerprint density at radius 1 is 1.46 bits per heavy atom. The van der Waals surface area contributed by atoms with E-state index in [1.807, 2.05) is 0 Å². The average molecular weight is 198 g/mol. The zero-order valence-electron chi connectivity index (χ0n) is 7.08. The van der Waals surface area contributed by atoms with Crippen molar-refractivity contribution in [3.05, 3.63) is 20.7 Å². The number of hydrogen-bond donors (Lipinski definition) is 1. The maximum atomic E-state index is 11.6. The molecule has 0 atom stereocenters. The summed E-state index contributed by atoms with van der Waals surface area (Å²) in [6.07, 6.45) is 2.14. The molecule has 2 rings (SSSR count). The number of aromatic nitrogens is 1. The van der Waals surface area contributed by atoms with Gasteiger partial charge in [-0.1, -0.05) is 11.3 Å². The Labute approximate surface area is 79.2 Å². The third-order valence-corrected chi connectivity index (χ3v) is 2.81. The standard InChI is InChI=1S/C8H10N2O2S/c11-7(10-3-1-2-4-10)6-5-13-8(12)9-6/h5H,1-4H2,(H,9,12). The zero-order valence-corrected chi connectivity index (χ0v) is 7.89. The second-order valence-corrected chi connectivity index (χ2v) is 3.90. The third kappa shape index (κ3) is 1.65. The summed E-state index contributed by atoms with van der Waals surface area (Å²) in [5.74, 6) is -0.0455. The first-order valence-electron chi connectivity index (χ1n) is 4.24. The van der Waals surface area contributed by atoms with E-state index in [1.54, 1.807) is 10.3 Å². The maximum Gasteiger partial charge on any atom is 0.305 e. The van der Waals surface area contributed by atoms with Gasteiger partial charge in [0.05, 0.1) is 0 Å². The Morgan fingerprint density at radius 2 is 2.15 bits per heavy atom. The van der Waals surface area contributed by atoms with E-state index in [4.69, 9.17) is 0 Å². The Balaban J connectivity index is 2.16. The van der Waals surface area contributed by atoms with Gasteiger partial charge in [-0.25, -0.2) is 0 Å². The molecule has 70 valence electrons. The van der Waals surface area contributed by atoms with Crippen LogP contribution in [0.15, 0.2) is 10.2 Å². The van der Waals surface area contributed by atoms with Gasteiger partial charge in [0.1, 0.15) is 5.69 Å². The molecule has 1 amide bonds. The lowest BCUT2D eigenvalue weighted by Crippen LogP contribution is -2.28. The van der Waals surface area contributed by atoms with Gasteiger partial charge in [0, 0.05) is 18.5 Å². The minimum atomic E-state index is -0.164. The highest BCUT2D eigenvalue weighted by molar-refractivity contribution is 7.07. The van der Waals surface area contributed by atoms with Crippen molar-refractivity contribution in [1.82, 2.24) is 9.88 Å². The SMILES string of the molecule is O=C(c1csc(=O)[nH]1)N1CCCC1. The second-order valence-electron chi connectivity index (χ2n) is 3.06. The van der Waals surface area contributed by atoms with Crippen LogP contribution in [0.2, 0.25) is 0 Å². The Bertz CT molecular complexity index is 362. The van der Waals surface area contributed by atoms with Gasteiger partial charge >= 0.3 is 4.87 Å². The van der Waals surface area contributed by atoms with Gasteiger partial charge in [-0.15, -0.1) is 0 Å². The number of carbonyl (C=O) groups excluding carboxylic acids is 1. The molecule has 0 spiro atoms. The van der Waals surface area contributed by atoms with Crippen LogP contribution in [-0.2, 0) is 0 Å². The number of carbonyl (C=O) groups is 1. The summed E-state index contributed by atoms with van der Waals surface area (Å²) >= 11 is 1.03. The molecule has 4 nitrogen and oxygen atoms in total. The van der Waals surface area contributed by atoms with E-state index < -0.39 is 0 Å². The molecule has 0 saturated carbocycles. The Morgan fingerprint density at radius 3 is 2.69 bits per heavy atom. The van der Waals surface area contributed by atoms with E-state index in [0.29, 0.717) is 5.69 Å². The highest BCUT2D eigenvalue weighted by atomic mass is 32.1. The molecule has 1 aromatic heterocycles. The van der Waals surface area contributed by atoms with Gasteiger partial charge in [-0.05, 0) is 12.8 Å². The summed E-state index contributed by atoms with van der Waals surface area (Å²) in [5.41, 5.74) is 0.428. The Hall–Kier alpha value is -1.10. The van der Waals surface area contributed by atoms with Crippen LogP contribution < -0.4 is 4.87 Å². The first-order chi connectivity index (χ1) is 6.27. The quantitative estimate of drug-likeness (QED) is 0.721. The minimum Gasteiger partial charge on any atom is -0.337 e. The molecule has 1 fully saturated rings. The molecule has 0 bridgehead atoms. The third-order valence-electron chi connectivity index (χ3n) is 2.14. The lowest BCUT2D eigenvalue weighted by molar-refractivity contribution is 0.0787. The van der Waals surface area contributed by atoms with Gasteiger partial charge in [-0.3, -0.25) is 9.59 Å². The van der Waals surface area contributed by atoms with Crippen LogP contribution in [0.1, 0.15) is 23.3 Å². The van der Waals surface area contributed by atoms with Crippen LogP contribution in [0, 0.1) is 0 Å². The summed E-state index contributed by atoms with van der Waals surface area (Å²) < 4.78 is 0. The maximum absolute atomic E-state index is 11.6. The van der Waals surface area contributed by atoms with Crippen LogP contribution in [0.4, 0.5) is 0 Å². The van der Waals surface area contributed by atoms with Gasteiger partial charge in [0.25, 0.3) is 5.91 Å². The summed E-state index contributed by atoms with van der Waals surface area (Å²) in [5, 5.41) is 1.59. The zero-order chi connectivity index (χ0) is 9.26. The van der Waals surface area contributed by atoms with Crippen molar-refractivity contribution >= 4 is 17.2 Å². The van der Waals surface area contributed by atoms with Crippen LogP contribution in [0.5, 0.6) is 0 Å². The number of hydrogen-bond acceptors (Lipinski definition) is 3. The molecule has 0 radical (unpaired) electrons. The fourth-order valence-corrected chi connectivity index (χ4v) is 2.03. The van der Waals surface area contributed by atoms with E-state index in [0.717, 1.165) is 37.3 Å². The van der Waals surface area contributed by atoms with Crippen molar-refractivity contribution in [1.29, 1.82) is 0 Å². The van der Waals surface area contributed by atoms with Crippen LogP contribution in [0.3, 0.4) is 0 Å². The molecule has 1 aromatic rings. The normalized spacial score (nSPS) is 16.5. The summed E-state index contributed by atoms with van der Waals surface area (Å²) in [6.45, 7) is 1.63.